The van der Waals surface area contributed by atoms with Crippen molar-refractivity contribution >= 4 is 43.9 Å². The summed E-state index contributed by atoms with van der Waals surface area (Å²) in [6.07, 6.45) is 1.81. The van der Waals surface area contributed by atoms with Crippen LogP contribution in [0, 0.1) is 0 Å². The molecule has 2 aromatic rings. The number of thiol groups is 1. The second-order valence-corrected chi connectivity index (χ2v) is 3.66. The summed E-state index contributed by atoms with van der Waals surface area (Å²) in [4.78, 5) is 4.18. The van der Waals surface area contributed by atoms with Crippen LogP contribution < -0.4 is 0 Å². The van der Waals surface area contributed by atoms with E-state index in [4.69, 9.17) is 8.42 Å². The first-order valence-electron chi connectivity index (χ1n) is 3.80. The molecule has 0 aliphatic carbocycles. The van der Waals surface area contributed by atoms with E-state index in [-0.39, 0.29) is 12.4 Å². The van der Waals surface area contributed by atoms with Crippen LogP contribution in [0.3, 0.4) is 0 Å². The van der Waals surface area contributed by atoms with E-state index in [1.807, 2.05) is 30.5 Å². The molecule has 1 heterocycles. The minimum Gasteiger partial charge on any atom is -0.256 e. The van der Waals surface area contributed by atoms with Crippen LogP contribution in [-0.2, 0) is 9.92 Å². The normalized spacial score (nSPS) is 8.93. The Morgan fingerprint density at radius 1 is 1.07 bits per heavy atom. The molecule has 0 atom stereocenters. The SMILES string of the molecule is Cl.O=[SH](=O)Cl.c1ccc2ncccc2c1. The molecular weight excluding hydrogens is 257 g/mol. The molecule has 6 heteroatoms. The molecule has 0 saturated carbocycles. The Kier molecular flexibility index (Phi) is 7.03. The van der Waals surface area contributed by atoms with E-state index in [2.05, 4.69) is 27.8 Å². The summed E-state index contributed by atoms with van der Waals surface area (Å²) in [6, 6.07) is 12.1. The third-order valence-corrected chi connectivity index (χ3v) is 1.51. The number of hydrogen-bond acceptors (Lipinski definition) is 3. The predicted molar refractivity (Wildman–Crippen MR) is 65.2 cm³/mol. The van der Waals surface area contributed by atoms with Crippen molar-refractivity contribution in [1.82, 2.24) is 4.98 Å². The molecule has 0 radical (unpaired) electrons. The molecule has 0 saturated heterocycles. The van der Waals surface area contributed by atoms with Gasteiger partial charge in [0.15, 0.2) is 0 Å². The monoisotopic (exact) mass is 265 g/mol. The van der Waals surface area contributed by atoms with Gasteiger partial charge in [0.05, 0.1) is 5.52 Å². The van der Waals surface area contributed by atoms with Gasteiger partial charge in [-0.3, -0.25) is 4.98 Å². The summed E-state index contributed by atoms with van der Waals surface area (Å²) < 4.78 is 17.6. The standard InChI is InChI=1S/C9H7N.ClHO2S.ClH/c1-2-6-9-8(4-1)5-3-7-10-9;1-4(2)3;/h1-7H;4H;1H. The number of halogens is 2. The van der Waals surface area contributed by atoms with Crippen molar-refractivity contribution in [3.05, 3.63) is 42.6 Å². The van der Waals surface area contributed by atoms with Crippen molar-refractivity contribution in [2.24, 2.45) is 0 Å². The molecule has 0 amide bonds. The summed E-state index contributed by atoms with van der Waals surface area (Å²) >= 11 is 0. The fourth-order valence-corrected chi connectivity index (χ4v) is 1.02. The Morgan fingerprint density at radius 2 is 1.60 bits per heavy atom. The summed E-state index contributed by atoms with van der Waals surface area (Å²) in [5, 5.41) is 1.20. The lowest BCUT2D eigenvalue weighted by molar-refractivity contribution is 0.626. The fourth-order valence-electron chi connectivity index (χ4n) is 1.02. The van der Waals surface area contributed by atoms with E-state index in [0.717, 1.165) is 5.52 Å². The molecule has 0 bridgehead atoms. The highest BCUT2D eigenvalue weighted by atomic mass is 35.7. The maximum absolute atomic E-state index is 8.80. The van der Waals surface area contributed by atoms with Crippen LogP contribution in [-0.4, -0.2) is 13.4 Å². The molecule has 0 aliphatic heterocycles. The van der Waals surface area contributed by atoms with Gasteiger partial charge in [0, 0.05) is 22.3 Å². The van der Waals surface area contributed by atoms with Gasteiger partial charge in [-0.2, -0.15) is 0 Å². The van der Waals surface area contributed by atoms with Crippen LogP contribution in [0.4, 0.5) is 0 Å². The number of rotatable bonds is 0. The van der Waals surface area contributed by atoms with Crippen molar-refractivity contribution < 1.29 is 8.42 Å². The zero-order valence-corrected chi connectivity index (χ0v) is 10.0. The van der Waals surface area contributed by atoms with Crippen molar-refractivity contribution in [3.63, 3.8) is 0 Å². The van der Waals surface area contributed by atoms with Gasteiger partial charge in [-0.05, 0) is 12.1 Å². The zero-order chi connectivity index (χ0) is 10.4. The molecule has 2 rings (SSSR count). The first kappa shape index (κ1) is 14.2. The average molecular weight is 266 g/mol. The Bertz CT molecular complexity index is 415. The topological polar surface area (TPSA) is 47.0 Å². The van der Waals surface area contributed by atoms with E-state index in [9.17, 15) is 0 Å². The number of benzene rings is 1. The van der Waals surface area contributed by atoms with Crippen LogP contribution in [0.15, 0.2) is 42.6 Å². The molecular formula is C9H9Cl2NO2S. The molecule has 0 unspecified atom stereocenters. The number of nitrogens with zero attached hydrogens (tertiary/aromatic N) is 1. The average Bonchev–Trinajstić information content (AvgIpc) is 2.17. The highest BCUT2D eigenvalue weighted by Gasteiger charge is 1.86. The summed E-state index contributed by atoms with van der Waals surface area (Å²) in [6.45, 7) is 0. The first-order chi connectivity index (χ1) is 6.70. The molecule has 1 aromatic carbocycles. The molecule has 0 aliphatic rings. The highest BCUT2D eigenvalue weighted by molar-refractivity contribution is 7.98. The van der Waals surface area contributed by atoms with Crippen LogP contribution in [0.25, 0.3) is 10.9 Å². The van der Waals surface area contributed by atoms with E-state index >= 15 is 0 Å². The Balaban J connectivity index is 0.000000346. The molecule has 1 aromatic heterocycles. The number of aromatic nitrogens is 1. The molecule has 82 valence electrons. The lowest BCUT2D eigenvalue weighted by Gasteiger charge is -1.91. The largest absolute Gasteiger partial charge is 0.256 e. The van der Waals surface area contributed by atoms with E-state index in [1.54, 1.807) is 0 Å². The van der Waals surface area contributed by atoms with Gasteiger partial charge < -0.3 is 0 Å². The second-order valence-electron chi connectivity index (χ2n) is 2.41. The molecule has 3 nitrogen and oxygen atoms in total. The van der Waals surface area contributed by atoms with Gasteiger partial charge in [-0.25, -0.2) is 8.42 Å². The fraction of sp³-hybridized carbons (Fsp3) is 0. The third kappa shape index (κ3) is 5.57. The highest BCUT2D eigenvalue weighted by Crippen LogP contribution is 2.07. The van der Waals surface area contributed by atoms with Gasteiger partial charge in [0.25, 0.3) is 0 Å². The van der Waals surface area contributed by atoms with Crippen LogP contribution in [0.2, 0.25) is 0 Å². The number of fused-ring (bicyclic) bond motifs is 1. The summed E-state index contributed by atoms with van der Waals surface area (Å²) in [5.41, 5.74) is 1.06. The minimum absolute atomic E-state index is 0. The van der Waals surface area contributed by atoms with Crippen molar-refractivity contribution in [1.29, 1.82) is 0 Å². The third-order valence-electron chi connectivity index (χ3n) is 1.51. The van der Waals surface area contributed by atoms with Crippen molar-refractivity contribution in [2.45, 2.75) is 0 Å². The summed E-state index contributed by atoms with van der Waals surface area (Å²) in [7, 11) is 1.58. The van der Waals surface area contributed by atoms with E-state index in [0.29, 0.717) is 0 Å². The molecule has 0 spiro atoms. The Morgan fingerprint density at radius 3 is 2.20 bits per heavy atom. The number of hydrogen-bond donors (Lipinski definition) is 1. The minimum atomic E-state index is -2.65. The van der Waals surface area contributed by atoms with Crippen LogP contribution in [0.1, 0.15) is 0 Å². The predicted octanol–water partition coefficient (Wildman–Crippen LogP) is 2.41. The van der Waals surface area contributed by atoms with Gasteiger partial charge in [0.2, 0.25) is 9.92 Å². The van der Waals surface area contributed by atoms with Gasteiger partial charge in [-0.15, -0.1) is 12.4 Å². The second kappa shape index (κ2) is 7.45. The molecule has 0 N–H and O–H groups in total. The van der Waals surface area contributed by atoms with Gasteiger partial charge in [0.1, 0.15) is 0 Å². The van der Waals surface area contributed by atoms with Crippen molar-refractivity contribution in [3.8, 4) is 0 Å². The van der Waals surface area contributed by atoms with Crippen LogP contribution >= 0.6 is 23.1 Å². The van der Waals surface area contributed by atoms with E-state index in [1.165, 1.54) is 5.39 Å². The number of para-hydroxylation sites is 1. The lowest BCUT2D eigenvalue weighted by Crippen LogP contribution is -1.73. The lowest BCUT2D eigenvalue weighted by atomic mass is 10.2. The van der Waals surface area contributed by atoms with Gasteiger partial charge >= 0.3 is 0 Å². The Labute approximate surface area is 100.0 Å². The summed E-state index contributed by atoms with van der Waals surface area (Å²) in [5.74, 6) is 0. The smallest absolute Gasteiger partial charge is 0.222 e. The zero-order valence-electron chi connectivity index (χ0n) is 7.54. The first-order valence-corrected chi connectivity index (χ1v) is 5.88. The Hall–Kier alpha value is -0.840. The maximum atomic E-state index is 8.80. The molecule has 0 fully saturated rings. The maximum Gasteiger partial charge on any atom is 0.222 e. The molecule has 15 heavy (non-hydrogen) atoms. The number of pyridine rings is 1. The van der Waals surface area contributed by atoms with Crippen LogP contribution in [0.5, 0.6) is 0 Å². The van der Waals surface area contributed by atoms with E-state index < -0.39 is 9.92 Å². The quantitative estimate of drug-likeness (QED) is 0.588. The van der Waals surface area contributed by atoms with Gasteiger partial charge in [-0.1, -0.05) is 24.3 Å². The van der Waals surface area contributed by atoms with Crippen molar-refractivity contribution in [2.75, 3.05) is 0 Å².